The minimum Gasteiger partial charge on any atom is -0.493 e. The summed E-state index contributed by atoms with van der Waals surface area (Å²) >= 11 is 6.87. The second-order valence-electron chi connectivity index (χ2n) is 4.84. The number of nitrogens with one attached hydrogen (secondary N) is 1. The van der Waals surface area contributed by atoms with Crippen molar-refractivity contribution in [2.24, 2.45) is 5.10 Å². The zero-order valence-corrected chi connectivity index (χ0v) is 15.5. The first-order chi connectivity index (χ1) is 12.2. The average molecular weight is 376 g/mol. The number of ether oxygens (including phenoxy) is 3. The highest BCUT2D eigenvalue weighted by molar-refractivity contribution is 7.71. The Morgan fingerprint density at radius 2 is 1.92 bits per heavy atom. The maximum absolute atomic E-state index is 5.39. The molecule has 0 fully saturated rings. The van der Waals surface area contributed by atoms with Gasteiger partial charge in [-0.3, -0.25) is 0 Å². The van der Waals surface area contributed by atoms with Gasteiger partial charge in [0.25, 0.3) is 0 Å². The number of hydrogen-bond acceptors (Lipinski definition) is 7. The fraction of sp³-hybridized carbons (Fsp3) is 0.188. The van der Waals surface area contributed by atoms with E-state index in [2.05, 4.69) is 15.3 Å². The van der Waals surface area contributed by atoms with E-state index in [0.717, 1.165) is 10.4 Å². The number of aromatic amines is 1. The number of H-pyrrole nitrogens is 1. The Morgan fingerprint density at radius 3 is 2.48 bits per heavy atom. The van der Waals surface area contributed by atoms with Crippen molar-refractivity contribution in [3.05, 3.63) is 39.3 Å². The van der Waals surface area contributed by atoms with Gasteiger partial charge in [0.05, 0.1) is 27.5 Å². The standard InChI is InChI=1S/C16H16N4O3S2/c1-21-12-7-10(8-13(22-2)14(12)23-3)15-18-19-16(24)20(15)17-9-11-5-4-6-25-11/h4-9H,1-3H3,(H,19,24)/b17-9-. The summed E-state index contributed by atoms with van der Waals surface area (Å²) in [7, 11) is 4.68. The van der Waals surface area contributed by atoms with Crippen LogP contribution in [0.4, 0.5) is 0 Å². The number of thiophene rings is 1. The van der Waals surface area contributed by atoms with Gasteiger partial charge in [-0.25, -0.2) is 5.10 Å². The Labute approximate surface area is 153 Å². The van der Waals surface area contributed by atoms with Crippen molar-refractivity contribution in [1.29, 1.82) is 0 Å². The van der Waals surface area contributed by atoms with Crippen LogP contribution in [0, 0.1) is 4.77 Å². The van der Waals surface area contributed by atoms with Crippen molar-refractivity contribution < 1.29 is 14.2 Å². The lowest BCUT2D eigenvalue weighted by Crippen LogP contribution is -1.98. The molecule has 25 heavy (non-hydrogen) atoms. The molecule has 0 amide bonds. The van der Waals surface area contributed by atoms with Crippen LogP contribution < -0.4 is 14.2 Å². The van der Waals surface area contributed by atoms with E-state index < -0.39 is 0 Å². The highest BCUT2D eigenvalue weighted by Crippen LogP contribution is 2.40. The smallest absolute Gasteiger partial charge is 0.216 e. The molecular weight excluding hydrogens is 360 g/mol. The van der Waals surface area contributed by atoms with Gasteiger partial charge in [0.15, 0.2) is 17.3 Å². The lowest BCUT2D eigenvalue weighted by Gasteiger charge is -2.13. The predicted molar refractivity (Wildman–Crippen MR) is 99.8 cm³/mol. The van der Waals surface area contributed by atoms with Crippen LogP contribution in [-0.4, -0.2) is 42.4 Å². The molecule has 0 aliphatic carbocycles. The highest BCUT2D eigenvalue weighted by atomic mass is 32.1. The zero-order chi connectivity index (χ0) is 17.8. The third-order valence-corrected chi connectivity index (χ3v) is 4.49. The SMILES string of the molecule is COc1cc(-c2n[nH]c(=S)n2/N=C\c2cccs2)cc(OC)c1OC. The van der Waals surface area contributed by atoms with Gasteiger partial charge in [0.2, 0.25) is 10.5 Å². The van der Waals surface area contributed by atoms with E-state index in [4.69, 9.17) is 26.4 Å². The average Bonchev–Trinajstić information content (AvgIpc) is 3.28. The molecule has 0 aliphatic rings. The summed E-state index contributed by atoms with van der Waals surface area (Å²) in [6.45, 7) is 0. The molecule has 0 radical (unpaired) electrons. The molecule has 2 heterocycles. The minimum atomic E-state index is 0.386. The quantitative estimate of drug-likeness (QED) is 0.526. The Balaban J connectivity index is 2.10. The second kappa shape index (κ2) is 7.49. The van der Waals surface area contributed by atoms with Crippen molar-refractivity contribution in [1.82, 2.24) is 14.9 Å². The lowest BCUT2D eigenvalue weighted by atomic mass is 10.1. The molecule has 9 heteroatoms. The van der Waals surface area contributed by atoms with Gasteiger partial charge in [0.1, 0.15) is 0 Å². The van der Waals surface area contributed by atoms with Gasteiger partial charge >= 0.3 is 0 Å². The van der Waals surface area contributed by atoms with E-state index in [1.165, 1.54) is 0 Å². The van der Waals surface area contributed by atoms with E-state index >= 15 is 0 Å². The normalized spacial score (nSPS) is 11.0. The summed E-state index contributed by atoms with van der Waals surface area (Å²) < 4.78 is 18.1. The van der Waals surface area contributed by atoms with Gasteiger partial charge in [-0.1, -0.05) is 6.07 Å². The lowest BCUT2D eigenvalue weighted by molar-refractivity contribution is 0.324. The maximum Gasteiger partial charge on any atom is 0.216 e. The number of rotatable bonds is 6. The molecule has 0 saturated carbocycles. The largest absolute Gasteiger partial charge is 0.493 e. The van der Waals surface area contributed by atoms with Crippen LogP contribution in [0.15, 0.2) is 34.7 Å². The summed E-state index contributed by atoms with van der Waals surface area (Å²) in [4.78, 5) is 1.01. The van der Waals surface area contributed by atoms with Crippen LogP contribution in [0.2, 0.25) is 0 Å². The van der Waals surface area contributed by atoms with Crippen molar-refractivity contribution >= 4 is 29.8 Å². The first-order valence-corrected chi connectivity index (χ1v) is 8.52. The monoisotopic (exact) mass is 376 g/mol. The van der Waals surface area contributed by atoms with Gasteiger partial charge in [-0.2, -0.15) is 14.9 Å². The van der Waals surface area contributed by atoms with Gasteiger partial charge in [-0.15, -0.1) is 11.3 Å². The molecule has 0 aliphatic heterocycles. The summed E-state index contributed by atoms with van der Waals surface area (Å²) in [5.74, 6) is 2.10. The molecule has 1 aromatic carbocycles. The molecule has 0 saturated heterocycles. The Morgan fingerprint density at radius 1 is 1.20 bits per heavy atom. The second-order valence-corrected chi connectivity index (χ2v) is 6.20. The van der Waals surface area contributed by atoms with E-state index in [1.54, 1.807) is 55.7 Å². The molecule has 130 valence electrons. The fourth-order valence-electron chi connectivity index (χ4n) is 2.28. The number of methoxy groups -OCH3 is 3. The zero-order valence-electron chi connectivity index (χ0n) is 13.8. The summed E-state index contributed by atoms with van der Waals surface area (Å²) in [5.41, 5.74) is 0.727. The fourth-order valence-corrected chi connectivity index (χ4v) is 3.03. The summed E-state index contributed by atoms with van der Waals surface area (Å²) in [5, 5.41) is 13.4. The Kier molecular flexibility index (Phi) is 5.15. The van der Waals surface area contributed by atoms with Gasteiger partial charge in [0, 0.05) is 10.4 Å². The van der Waals surface area contributed by atoms with Crippen LogP contribution in [0.5, 0.6) is 17.2 Å². The minimum absolute atomic E-state index is 0.386. The Hall–Kier alpha value is -2.65. The number of benzene rings is 1. The predicted octanol–water partition coefficient (Wildman–Crippen LogP) is 3.58. The first-order valence-electron chi connectivity index (χ1n) is 7.23. The van der Waals surface area contributed by atoms with E-state index in [0.29, 0.717) is 27.8 Å². The van der Waals surface area contributed by atoms with Crippen LogP contribution in [-0.2, 0) is 0 Å². The molecule has 0 bridgehead atoms. The molecule has 3 rings (SSSR count). The van der Waals surface area contributed by atoms with E-state index in [1.807, 2.05) is 17.5 Å². The van der Waals surface area contributed by atoms with Crippen LogP contribution in [0.25, 0.3) is 11.4 Å². The third kappa shape index (κ3) is 3.42. The first kappa shape index (κ1) is 17.2. The van der Waals surface area contributed by atoms with E-state index in [-0.39, 0.29) is 0 Å². The van der Waals surface area contributed by atoms with Crippen molar-refractivity contribution in [3.63, 3.8) is 0 Å². The Bertz CT molecular complexity index is 920. The molecule has 0 atom stereocenters. The van der Waals surface area contributed by atoms with Gasteiger partial charge in [-0.05, 0) is 35.8 Å². The topological polar surface area (TPSA) is 73.7 Å². The van der Waals surface area contributed by atoms with Crippen molar-refractivity contribution in [2.75, 3.05) is 21.3 Å². The van der Waals surface area contributed by atoms with Crippen molar-refractivity contribution in [3.8, 4) is 28.6 Å². The summed E-state index contributed by atoms with van der Waals surface area (Å²) in [6, 6.07) is 7.52. The number of nitrogens with zero attached hydrogens (tertiary/aromatic N) is 3. The molecule has 0 unspecified atom stereocenters. The number of hydrogen-bond donors (Lipinski definition) is 1. The summed E-state index contributed by atoms with van der Waals surface area (Å²) in [6.07, 6.45) is 1.73. The highest BCUT2D eigenvalue weighted by Gasteiger charge is 2.17. The molecular formula is C16H16N4O3S2. The molecule has 0 spiro atoms. The molecule has 1 N–H and O–H groups in total. The van der Waals surface area contributed by atoms with Crippen molar-refractivity contribution in [2.45, 2.75) is 0 Å². The molecule has 3 aromatic rings. The van der Waals surface area contributed by atoms with Crippen LogP contribution in [0.1, 0.15) is 4.88 Å². The molecule has 7 nitrogen and oxygen atoms in total. The van der Waals surface area contributed by atoms with Crippen LogP contribution in [0.3, 0.4) is 0 Å². The number of aromatic nitrogens is 3. The van der Waals surface area contributed by atoms with Crippen LogP contribution >= 0.6 is 23.6 Å². The molecule has 2 aromatic heterocycles. The van der Waals surface area contributed by atoms with Gasteiger partial charge < -0.3 is 14.2 Å². The van der Waals surface area contributed by atoms with E-state index in [9.17, 15) is 0 Å². The third-order valence-electron chi connectivity index (χ3n) is 3.42. The maximum atomic E-state index is 5.39.